The maximum absolute atomic E-state index is 6.41. The summed E-state index contributed by atoms with van der Waals surface area (Å²) < 4.78 is 12.1. The first-order valence-corrected chi connectivity index (χ1v) is 9.05. The summed E-state index contributed by atoms with van der Waals surface area (Å²) in [5.41, 5.74) is 0. The van der Waals surface area contributed by atoms with Crippen molar-refractivity contribution in [2.75, 3.05) is 0 Å². The highest BCUT2D eigenvalue weighted by Gasteiger charge is 2.51. The van der Waals surface area contributed by atoms with Gasteiger partial charge >= 0.3 is 0 Å². The van der Waals surface area contributed by atoms with Crippen molar-refractivity contribution >= 4 is 8.32 Å². The molecule has 0 aromatic heterocycles. The Balaban J connectivity index is 1.96. The second-order valence-corrected chi connectivity index (χ2v) is 11.2. The molecule has 1 saturated heterocycles. The van der Waals surface area contributed by atoms with Gasteiger partial charge in [-0.1, -0.05) is 20.8 Å². The van der Waals surface area contributed by atoms with Gasteiger partial charge in [0, 0.05) is 0 Å². The van der Waals surface area contributed by atoms with Gasteiger partial charge in [-0.05, 0) is 37.4 Å². The number of fused-ring (bicyclic) bond motifs is 1. The van der Waals surface area contributed by atoms with Crippen LogP contribution in [0.2, 0.25) is 18.1 Å². The van der Waals surface area contributed by atoms with Crippen molar-refractivity contribution < 1.29 is 9.16 Å². The van der Waals surface area contributed by atoms with E-state index in [1.807, 2.05) is 0 Å². The lowest BCUT2D eigenvalue weighted by Crippen LogP contribution is -2.46. The molecule has 0 aromatic carbocycles. The topological polar surface area (TPSA) is 21.8 Å². The van der Waals surface area contributed by atoms with Crippen LogP contribution in [-0.2, 0) is 9.16 Å². The van der Waals surface area contributed by atoms with E-state index >= 15 is 0 Å². The highest BCUT2D eigenvalue weighted by Crippen LogP contribution is 2.43. The van der Waals surface area contributed by atoms with Crippen LogP contribution in [0.4, 0.5) is 0 Å². The molecule has 0 bridgehead atoms. The lowest BCUT2D eigenvalue weighted by atomic mass is 9.98. The third-order valence-electron chi connectivity index (χ3n) is 4.22. The second kappa shape index (κ2) is 3.57. The third-order valence-corrected chi connectivity index (χ3v) is 8.72. The van der Waals surface area contributed by atoms with E-state index in [4.69, 9.17) is 9.16 Å². The largest absolute Gasteiger partial charge is 0.411 e. The van der Waals surface area contributed by atoms with E-state index in [1.54, 1.807) is 0 Å². The van der Waals surface area contributed by atoms with Crippen LogP contribution in [0, 0.1) is 0 Å². The predicted octanol–water partition coefficient (Wildman–Crippen LogP) is 3.33. The quantitative estimate of drug-likeness (QED) is 0.534. The van der Waals surface area contributed by atoms with E-state index in [0.29, 0.717) is 23.4 Å². The average molecular weight is 228 g/mol. The first-order chi connectivity index (χ1) is 6.81. The SMILES string of the molecule is CC(C)(C)[Si](C)(C)O[C@@H]1CCC[C@@H]2O[C@@H]21. The Morgan fingerprint density at radius 2 is 1.87 bits per heavy atom. The van der Waals surface area contributed by atoms with E-state index in [0.717, 1.165) is 0 Å². The van der Waals surface area contributed by atoms with Gasteiger partial charge in [-0.15, -0.1) is 0 Å². The molecule has 1 aliphatic carbocycles. The first kappa shape index (κ1) is 11.6. The first-order valence-electron chi connectivity index (χ1n) is 6.14. The molecule has 0 N–H and O–H groups in total. The molecular formula is C12H24O2Si. The molecule has 2 rings (SSSR count). The van der Waals surface area contributed by atoms with Crippen molar-refractivity contribution in [3.05, 3.63) is 0 Å². The fourth-order valence-corrected chi connectivity index (χ4v) is 3.44. The molecule has 0 spiro atoms. The summed E-state index contributed by atoms with van der Waals surface area (Å²) in [6, 6.07) is 0. The van der Waals surface area contributed by atoms with Gasteiger partial charge in [-0.2, -0.15) is 0 Å². The summed E-state index contributed by atoms with van der Waals surface area (Å²) >= 11 is 0. The normalized spacial score (nSPS) is 36.2. The minimum Gasteiger partial charge on any atom is -0.411 e. The second-order valence-electron chi connectivity index (χ2n) is 6.49. The number of hydrogen-bond acceptors (Lipinski definition) is 2. The predicted molar refractivity (Wildman–Crippen MR) is 64.6 cm³/mol. The number of ether oxygens (including phenoxy) is 1. The lowest BCUT2D eigenvalue weighted by molar-refractivity contribution is 0.132. The fraction of sp³-hybridized carbons (Fsp3) is 1.00. The van der Waals surface area contributed by atoms with E-state index < -0.39 is 8.32 Å². The number of rotatable bonds is 2. The standard InChI is InChI=1S/C12H24O2Si/c1-12(2,3)15(4,5)14-10-8-6-7-9-11(10)13-9/h9-11H,6-8H2,1-5H3/t9-,10+,11-/m0/s1. The molecule has 2 nitrogen and oxygen atoms in total. The molecule has 0 unspecified atom stereocenters. The molecule has 2 aliphatic rings. The van der Waals surface area contributed by atoms with E-state index in [-0.39, 0.29) is 0 Å². The summed E-state index contributed by atoms with van der Waals surface area (Å²) in [6.07, 6.45) is 5.10. The van der Waals surface area contributed by atoms with Crippen molar-refractivity contribution in [1.82, 2.24) is 0 Å². The number of epoxide rings is 1. The van der Waals surface area contributed by atoms with Crippen LogP contribution in [0.15, 0.2) is 0 Å². The van der Waals surface area contributed by atoms with Crippen LogP contribution in [0.5, 0.6) is 0 Å². The Morgan fingerprint density at radius 1 is 1.20 bits per heavy atom. The van der Waals surface area contributed by atoms with Crippen LogP contribution in [0.3, 0.4) is 0 Å². The average Bonchev–Trinajstić information content (AvgIpc) is 2.80. The molecule has 2 fully saturated rings. The van der Waals surface area contributed by atoms with Crippen LogP contribution >= 0.6 is 0 Å². The highest BCUT2D eigenvalue weighted by atomic mass is 28.4. The van der Waals surface area contributed by atoms with Crippen LogP contribution in [0.1, 0.15) is 40.0 Å². The van der Waals surface area contributed by atoms with E-state index in [9.17, 15) is 0 Å². The van der Waals surface area contributed by atoms with Gasteiger partial charge in [-0.3, -0.25) is 0 Å². The molecule has 3 atom stereocenters. The fourth-order valence-electron chi connectivity index (χ4n) is 2.08. The zero-order valence-electron chi connectivity index (χ0n) is 10.7. The highest BCUT2D eigenvalue weighted by molar-refractivity contribution is 6.74. The van der Waals surface area contributed by atoms with Crippen LogP contribution in [-0.4, -0.2) is 26.6 Å². The Labute approximate surface area is 94.5 Å². The van der Waals surface area contributed by atoms with Crippen molar-refractivity contribution in [2.24, 2.45) is 0 Å². The molecular weight excluding hydrogens is 204 g/mol. The molecule has 1 heterocycles. The molecule has 3 heteroatoms. The van der Waals surface area contributed by atoms with Gasteiger partial charge in [0.05, 0.1) is 12.2 Å². The van der Waals surface area contributed by atoms with Gasteiger partial charge in [0.1, 0.15) is 6.10 Å². The van der Waals surface area contributed by atoms with Gasteiger partial charge < -0.3 is 9.16 Å². The van der Waals surface area contributed by atoms with Crippen LogP contribution in [0.25, 0.3) is 0 Å². The molecule has 0 amide bonds. The Bertz CT molecular complexity index is 244. The van der Waals surface area contributed by atoms with Crippen molar-refractivity contribution in [1.29, 1.82) is 0 Å². The van der Waals surface area contributed by atoms with Crippen molar-refractivity contribution in [2.45, 2.75) is 76.5 Å². The van der Waals surface area contributed by atoms with E-state index in [2.05, 4.69) is 33.9 Å². The maximum Gasteiger partial charge on any atom is 0.192 e. The van der Waals surface area contributed by atoms with Gasteiger partial charge in [-0.25, -0.2) is 0 Å². The van der Waals surface area contributed by atoms with Crippen LogP contribution < -0.4 is 0 Å². The summed E-state index contributed by atoms with van der Waals surface area (Å²) in [5.74, 6) is 0. The summed E-state index contributed by atoms with van der Waals surface area (Å²) in [6.45, 7) is 11.6. The molecule has 1 aliphatic heterocycles. The molecule has 15 heavy (non-hydrogen) atoms. The summed E-state index contributed by atoms with van der Waals surface area (Å²) in [4.78, 5) is 0. The molecule has 88 valence electrons. The zero-order valence-corrected chi connectivity index (χ0v) is 11.7. The Kier molecular flexibility index (Phi) is 2.77. The summed E-state index contributed by atoms with van der Waals surface area (Å²) in [5, 5.41) is 0.314. The molecule has 0 aromatic rings. The van der Waals surface area contributed by atoms with Crippen molar-refractivity contribution in [3.8, 4) is 0 Å². The zero-order chi connectivity index (χ0) is 11.3. The molecule has 0 radical (unpaired) electrons. The lowest BCUT2D eigenvalue weighted by Gasteiger charge is -2.39. The van der Waals surface area contributed by atoms with Gasteiger partial charge in [0.25, 0.3) is 0 Å². The Hall–Kier alpha value is 0.137. The third kappa shape index (κ3) is 2.29. The number of hydrogen-bond donors (Lipinski definition) is 0. The maximum atomic E-state index is 6.41. The van der Waals surface area contributed by atoms with Gasteiger partial charge in [0.2, 0.25) is 0 Å². The minimum atomic E-state index is -1.59. The molecule has 1 saturated carbocycles. The van der Waals surface area contributed by atoms with E-state index in [1.165, 1.54) is 19.3 Å². The smallest absolute Gasteiger partial charge is 0.192 e. The summed E-state index contributed by atoms with van der Waals surface area (Å²) in [7, 11) is -1.59. The monoisotopic (exact) mass is 228 g/mol. The van der Waals surface area contributed by atoms with Gasteiger partial charge in [0.15, 0.2) is 8.32 Å². The Morgan fingerprint density at radius 3 is 2.47 bits per heavy atom. The van der Waals surface area contributed by atoms with Crippen molar-refractivity contribution in [3.63, 3.8) is 0 Å². The minimum absolute atomic E-state index is 0.314.